The normalized spacial score (nSPS) is 12.4. The van der Waals surface area contributed by atoms with Gasteiger partial charge in [0.2, 0.25) is 0 Å². The van der Waals surface area contributed by atoms with Crippen molar-refractivity contribution in [3.8, 4) is 5.75 Å². The number of benzene rings is 1. The molecule has 0 saturated carbocycles. The first-order valence-electron chi connectivity index (χ1n) is 11.3. The summed E-state index contributed by atoms with van der Waals surface area (Å²) in [6.45, 7) is 4.09. The lowest BCUT2D eigenvalue weighted by Gasteiger charge is -2.19. The van der Waals surface area contributed by atoms with Crippen LogP contribution in [0.4, 0.5) is 13.2 Å². The van der Waals surface area contributed by atoms with Crippen LogP contribution < -0.4 is 10.1 Å². The largest absolute Gasteiger partial charge is 0.461 e. The standard InChI is InChI=1S/C25H30F3NO7/c1-4-6-8-10-22(31)34-16-19(36-23(32)11-9-7-5-2)15-29-24(33)20-13-12-18(25(26,27)28)14-21(20)35-17(3)30/h6-9,12-14,19H,4-5,10-11,15-16H2,1-3H3,(H,29,33)/b8-6-,9-7-. The number of allylic oxidation sites excluding steroid dienone is 2. The van der Waals surface area contributed by atoms with Gasteiger partial charge in [-0.25, -0.2) is 0 Å². The molecule has 0 aromatic heterocycles. The molecule has 11 heteroatoms. The topological polar surface area (TPSA) is 108 Å². The predicted octanol–water partition coefficient (Wildman–Crippen LogP) is 4.53. The Hall–Kier alpha value is -3.63. The number of esters is 3. The Bertz CT molecular complexity index is 971. The van der Waals surface area contributed by atoms with E-state index < -0.39 is 47.4 Å². The zero-order chi connectivity index (χ0) is 27.1. The van der Waals surface area contributed by atoms with Gasteiger partial charge in [0.05, 0.1) is 30.5 Å². The first-order valence-corrected chi connectivity index (χ1v) is 11.3. The monoisotopic (exact) mass is 513 g/mol. The van der Waals surface area contributed by atoms with Gasteiger partial charge in [-0.2, -0.15) is 13.2 Å². The Labute approximate surface area is 207 Å². The molecule has 1 rings (SSSR count). The second-order valence-electron chi connectivity index (χ2n) is 7.47. The molecule has 0 spiro atoms. The first-order chi connectivity index (χ1) is 17.0. The molecule has 1 unspecified atom stereocenters. The molecule has 1 amide bonds. The van der Waals surface area contributed by atoms with Crippen molar-refractivity contribution >= 4 is 23.8 Å². The van der Waals surface area contributed by atoms with E-state index in [0.29, 0.717) is 18.6 Å². The number of halogens is 3. The fraction of sp³-hybridized carbons (Fsp3) is 0.440. The maximum atomic E-state index is 13.0. The lowest BCUT2D eigenvalue weighted by Crippen LogP contribution is -2.38. The highest BCUT2D eigenvalue weighted by Gasteiger charge is 2.32. The van der Waals surface area contributed by atoms with E-state index in [1.807, 2.05) is 13.8 Å². The summed E-state index contributed by atoms with van der Waals surface area (Å²) >= 11 is 0. The number of carbonyl (C=O) groups excluding carboxylic acids is 4. The van der Waals surface area contributed by atoms with E-state index >= 15 is 0 Å². The third-order valence-corrected chi connectivity index (χ3v) is 4.40. The lowest BCUT2D eigenvalue weighted by molar-refractivity contribution is -0.157. The quantitative estimate of drug-likeness (QED) is 0.235. The number of hydrogen-bond acceptors (Lipinski definition) is 7. The maximum absolute atomic E-state index is 13.0. The van der Waals surface area contributed by atoms with Gasteiger partial charge >= 0.3 is 24.1 Å². The van der Waals surface area contributed by atoms with Crippen LogP contribution in [-0.2, 0) is 30.0 Å². The molecule has 0 saturated heterocycles. The molecule has 0 bridgehead atoms. The van der Waals surface area contributed by atoms with Crippen LogP contribution in [0.15, 0.2) is 42.5 Å². The molecule has 1 N–H and O–H groups in total. The highest BCUT2D eigenvalue weighted by atomic mass is 19.4. The lowest BCUT2D eigenvalue weighted by atomic mass is 10.1. The van der Waals surface area contributed by atoms with Crippen molar-refractivity contribution in [3.05, 3.63) is 53.6 Å². The molecule has 8 nitrogen and oxygen atoms in total. The number of alkyl halides is 3. The Kier molecular flexibility index (Phi) is 13.0. The SMILES string of the molecule is CC/C=C\CC(=O)OCC(CNC(=O)c1ccc(C(F)(F)F)cc1OC(C)=O)OC(=O)C/C=C\CC. The summed E-state index contributed by atoms with van der Waals surface area (Å²) in [5, 5.41) is 2.41. The zero-order valence-corrected chi connectivity index (χ0v) is 20.4. The Balaban J connectivity index is 2.96. The molecular formula is C25H30F3NO7. The van der Waals surface area contributed by atoms with Gasteiger partial charge in [-0.1, -0.05) is 38.2 Å². The zero-order valence-electron chi connectivity index (χ0n) is 20.4. The Morgan fingerprint density at radius 3 is 2.14 bits per heavy atom. The second-order valence-corrected chi connectivity index (χ2v) is 7.47. The third kappa shape index (κ3) is 11.7. The molecule has 0 radical (unpaired) electrons. The van der Waals surface area contributed by atoms with E-state index in [9.17, 15) is 32.3 Å². The summed E-state index contributed by atoms with van der Waals surface area (Å²) in [5.41, 5.74) is -1.44. The average molecular weight is 514 g/mol. The van der Waals surface area contributed by atoms with Gasteiger partial charge in [0, 0.05) is 6.92 Å². The summed E-state index contributed by atoms with van der Waals surface area (Å²) in [6.07, 6.45) is 2.42. The fourth-order valence-corrected chi connectivity index (χ4v) is 2.73. The summed E-state index contributed by atoms with van der Waals surface area (Å²) < 4.78 is 54.3. The van der Waals surface area contributed by atoms with Crippen molar-refractivity contribution in [2.24, 2.45) is 0 Å². The fourth-order valence-electron chi connectivity index (χ4n) is 2.73. The molecular weight excluding hydrogens is 483 g/mol. The molecule has 36 heavy (non-hydrogen) atoms. The van der Waals surface area contributed by atoms with Crippen molar-refractivity contribution in [2.45, 2.75) is 58.7 Å². The van der Waals surface area contributed by atoms with E-state index in [1.54, 1.807) is 24.3 Å². The Morgan fingerprint density at radius 2 is 1.58 bits per heavy atom. The summed E-state index contributed by atoms with van der Waals surface area (Å²) in [4.78, 5) is 48.0. The minimum Gasteiger partial charge on any atom is -0.461 e. The van der Waals surface area contributed by atoms with Gasteiger partial charge in [-0.3, -0.25) is 19.2 Å². The van der Waals surface area contributed by atoms with Crippen LogP contribution in [0, 0.1) is 0 Å². The number of hydrogen-bond donors (Lipinski definition) is 1. The molecule has 198 valence electrons. The van der Waals surface area contributed by atoms with E-state index in [4.69, 9.17) is 14.2 Å². The molecule has 0 aliphatic carbocycles. The van der Waals surface area contributed by atoms with Gasteiger partial charge in [0.15, 0.2) is 6.10 Å². The molecule has 1 atom stereocenters. The Morgan fingerprint density at radius 1 is 0.972 bits per heavy atom. The van der Waals surface area contributed by atoms with Crippen molar-refractivity contribution in [1.82, 2.24) is 5.32 Å². The first kappa shape index (κ1) is 30.4. The van der Waals surface area contributed by atoms with Crippen molar-refractivity contribution in [3.63, 3.8) is 0 Å². The van der Waals surface area contributed by atoms with Gasteiger partial charge in [0.25, 0.3) is 5.91 Å². The van der Waals surface area contributed by atoms with Crippen LogP contribution in [0.2, 0.25) is 0 Å². The minimum absolute atomic E-state index is 0.0113. The third-order valence-electron chi connectivity index (χ3n) is 4.40. The van der Waals surface area contributed by atoms with Crippen LogP contribution in [0.1, 0.15) is 62.4 Å². The van der Waals surface area contributed by atoms with E-state index in [1.165, 1.54) is 0 Å². The van der Waals surface area contributed by atoms with Crippen LogP contribution in [0.3, 0.4) is 0 Å². The van der Waals surface area contributed by atoms with Crippen molar-refractivity contribution < 1.29 is 46.6 Å². The maximum Gasteiger partial charge on any atom is 0.416 e. The molecule has 0 aliphatic heterocycles. The number of amides is 1. The number of rotatable bonds is 13. The molecule has 1 aromatic carbocycles. The minimum atomic E-state index is -4.72. The highest BCUT2D eigenvalue weighted by Crippen LogP contribution is 2.33. The summed E-state index contributed by atoms with van der Waals surface area (Å²) in [5.74, 6) is -3.58. The van der Waals surface area contributed by atoms with Crippen molar-refractivity contribution in [2.75, 3.05) is 13.2 Å². The molecule has 0 aliphatic rings. The average Bonchev–Trinajstić information content (AvgIpc) is 2.80. The molecule has 1 aromatic rings. The van der Waals surface area contributed by atoms with Gasteiger partial charge < -0.3 is 19.5 Å². The van der Waals surface area contributed by atoms with Crippen LogP contribution in [0.5, 0.6) is 5.75 Å². The van der Waals surface area contributed by atoms with E-state index in [-0.39, 0.29) is 31.6 Å². The van der Waals surface area contributed by atoms with Crippen molar-refractivity contribution in [1.29, 1.82) is 0 Å². The smallest absolute Gasteiger partial charge is 0.416 e. The van der Waals surface area contributed by atoms with Gasteiger partial charge in [-0.05, 0) is 31.0 Å². The van der Waals surface area contributed by atoms with Crippen LogP contribution >= 0.6 is 0 Å². The van der Waals surface area contributed by atoms with Crippen LogP contribution in [0.25, 0.3) is 0 Å². The summed E-state index contributed by atoms with van der Waals surface area (Å²) in [7, 11) is 0. The predicted molar refractivity (Wildman–Crippen MR) is 124 cm³/mol. The summed E-state index contributed by atoms with van der Waals surface area (Å²) in [6, 6.07) is 2.08. The highest BCUT2D eigenvalue weighted by molar-refractivity contribution is 5.97. The van der Waals surface area contributed by atoms with E-state index in [2.05, 4.69) is 5.32 Å². The van der Waals surface area contributed by atoms with Crippen LogP contribution in [-0.4, -0.2) is 43.1 Å². The number of carbonyl (C=O) groups is 4. The van der Waals surface area contributed by atoms with Gasteiger partial charge in [-0.15, -0.1) is 0 Å². The number of nitrogens with one attached hydrogen (secondary N) is 1. The second kappa shape index (κ2) is 15.4. The molecule has 0 heterocycles. The molecule has 0 fully saturated rings. The number of ether oxygens (including phenoxy) is 3. The van der Waals surface area contributed by atoms with E-state index in [0.717, 1.165) is 19.4 Å². The van der Waals surface area contributed by atoms with Gasteiger partial charge in [0.1, 0.15) is 12.4 Å².